The van der Waals surface area contributed by atoms with Gasteiger partial charge in [0.05, 0.1) is 6.61 Å². The molecule has 2 aromatic carbocycles. The first kappa shape index (κ1) is 22.2. The number of benzene rings is 2. The van der Waals surface area contributed by atoms with E-state index in [4.69, 9.17) is 18.9 Å². The first-order valence-electron chi connectivity index (χ1n) is 9.98. The van der Waals surface area contributed by atoms with E-state index in [1.807, 2.05) is 0 Å². The van der Waals surface area contributed by atoms with Gasteiger partial charge in [-0.1, -0.05) is 60.7 Å². The van der Waals surface area contributed by atoms with Crippen molar-refractivity contribution in [1.29, 1.82) is 0 Å². The molecule has 0 N–H and O–H groups in total. The summed E-state index contributed by atoms with van der Waals surface area (Å²) in [6, 6.07) is 16.1. The van der Waals surface area contributed by atoms with Gasteiger partial charge in [-0.2, -0.15) is 0 Å². The van der Waals surface area contributed by atoms with Gasteiger partial charge in [0.25, 0.3) is 0 Å². The fraction of sp³-hybridized carbons (Fsp3) is 0.304. The van der Waals surface area contributed by atoms with Crippen molar-refractivity contribution in [3.05, 3.63) is 77.5 Å². The highest BCUT2D eigenvalue weighted by Crippen LogP contribution is 2.44. The van der Waals surface area contributed by atoms with E-state index in [1.165, 1.54) is 12.1 Å². The Balaban J connectivity index is 1.62. The van der Waals surface area contributed by atoms with E-state index in [-0.39, 0.29) is 29.2 Å². The fourth-order valence-electron chi connectivity index (χ4n) is 3.68. The molecule has 1 saturated heterocycles. The molecule has 0 spiro atoms. The lowest BCUT2D eigenvalue weighted by Gasteiger charge is -2.16. The predicted molar refractivity (Wildman–Crippen MR) is 114 cm³/mol. The summed E-state index contributed by atoms with van der Waals surface area (Å²) < 4.78 is 48.0. The van der Waals surface area contributed by atoms with Crippen LogP contribution in [0.15, 0.2) is 66.4 Å². The number of hydrogen-bond acceptors (Lipinski definition) is 8. The lowest BCUT2D eigenvalue weighted by molar-refractivity contribution is -0.143. The maximum Gasteiger partial charge on any atom is 0.514 e. The number of hydrogen-bond donors (Lipinski definition) is 0. The van der Waals surface area contributed by atoms with Crippen LogP contribution in [0.5, 0.6) is 0 Å². The van der Waals surface area contributed by atoms with Crippen molar-refractivity contribution in [3.63, 3.8) is 0 Å². The minimum atomic E-state index is -4.17. The third kappa shape index (κ3) is 4.32. The zero-order valence-corrected chi connectivity index (χ0v) is 18.3. The molecule has 2 atom stereocenters. The van der Waals surface area contributed by atoms with Crippen molar-refractivity contribution >= 4 is 26.7 Å². The maximum absolute atomic E-state index is 13.4. The van der Waals surface area contributed by atoms with Crippen LogP contribution in [0.1, 0.15) is 30.2 Å². The van der Waals surface area contributed by atoms with Gasteiger partial charge in [0, 0.05) is 0 Å². The summed E-state index contributed by atoms with van der Waals surface area (Å²) in [5.41, 5.74) is 0.535. The smallest absolute Gasteiger partial charge is 0.431 e. The molecule has 0 saturated carbocycles. The second kappa shape index (κ2) is 8.50. The molecule has 2 aliphatic heterocycles. The van der Waals surface area contributed by atoms with Crippen LogP contribution >= 0.6 is 0 Å². The van der Waals surface area contributed by atoms with Crippen molar-refractivity contribution in [1.82, 2.24) is 0 Å². The molecule has 0 bridgehead atoms. The van der Waals surface area contributed by atoms with Gasteiger partial charge in [-0.3, -0.25) is 4.79 Å². The van der Waals surface area contributed by atoms with Gasteiger partial charge in [-0.05, 0) is 25.0 Å². The van der Waals surface area contributed by atoms with Gasteiger partial charge in [0.1, 0.15) is 17.6 Å². The van der Waals surface area contributed by atoms with E-state index < -0.39 is 44.7 Å². The second-order valence-electron chi connectivity index (χ2n) is 7.84. The lowest BCUT2D eigenvalue weighted by Crippen LogP contribution is -2.25. The van der Waals surface area contributed by atoms with E-state index >= 15 is 0 Å². The minimum absolute atomic E-state index is 0.167. The highest BCUT2D eigenvalue weighted by molar-refractivity contribution is 8.02. The summed E-state index contributed by atoms with van der Waals surface area (Å²) in [6.45, 7) is 3.52. The summed E-state index contributed by atoms with van der Waals surface area (Å²) in [6.07, 6.45) is -1.70. The molecular weight excluding hydrogens is 436 g/mol. The SMILES string of the molecule is CC1(C)OCC(COC(=O)OC2=C(c3ccccc3)S(=O)(=O)C(c3ccccc3)C2=O)O1. The van der Waals surface area contributed by atoms with Gasteiger partial charge >= 0.3 is 6.16 Å². The number of ether oxygens (including phenoxy) is 4. The van der Waals surface area contributed by atoms with E-state index in [9.17, 15) is 18.0 Å². The molecule has 32 heavy (non-hydrogen) atoms. The molecule has 2 aliphatic rings. The third-order valence-corrected chi connectivity index (χ3v) is 7.14. The summed E-state index contributed by atoms with van der Waals surface area (Å²) in [5, 5.41) is -1.51. The standard InChI is InChI=1S/C23H22O8S/c1-23(2)29-14-17(31-23)13-28-22(25)30-19-18(24)20(15-9-5-3-6-10-15)32(26,27)21(19)16-11-7-4-8-12-16/h3-12,17,20H,13-14H2,1-2H3. The van der Waals surface area contributed by atoms with Crippen LogP contribution in [0.25, 0.3) is 4.91 Å². The molecule has 2 aromatic rings. The van der Waals surface area contributed by atoms with Crippen molar-refractivity contribution in [2.24, 2.45) is 0 Å². The van der Waals surface area contributed by atoms with Crippen LogP contribution in [-0.2, 0) is 33.6 Å². The number of ketones is 1. The Kier molecular flexibility index (Phi) is 5.89. The van der Waals surface area contributed by atoms with E-state index in [2.05, 4.69) is 0 Å². The number of carbonyl (C=O) groups is 2. The van der Waals surface area contributed by atoms with Crippen LogP contribution < -0.4 is 0 Å². The molecule has 2 heterocycles. The molecule has 168 valence electrons. The molecule has 0 amide bonds. The normalized spacial score (nSPS) is 23.9. The number of rotatable bonds is 5. The second-order valence-corrected chi connectivity index (χ2v) is 9.81. The lowest BCUT2D eigenvalue weighted by atomic mass is 10.1. The zero-order chi connectivity index (χ0) is 22.9. The van der Waals surface area contributed by atoms with Crippen LogP contribution in [0, 0.1) is 0 Å². The molecule has 4 rings (SSSR count). The third-order valence-electron chi connectivity index (χ3n) is 5.04. The molecule has 0 aliphatic carbocycles. The molecule has 9 heteroatoms. The Morgan fingerprint density at radius 3 is 2.28 bits per heavy atom. The first-order valence-corrected chi connectivity index (χ1v) is 11.5. The van der Waals surface area contributed by atoms with Gasteiger partial charge in [0.15, 0.2) is 26.6 Å². The summed E-state index contributed by atoms with van der Waals surface area (Å²) in [5.74, 6) is -2.17. The quantitative estimate of drug-likeness (QED) is 0.628. The molecule has 1 fully saturated rings. The monoisotopic (exact) mass is 458 g/mol. The van der Waals surface area contributed by atoms with Gasteiger partial charge in [0.2, 0.25) is 5.78 Å². The Morgan fingerprint density at radius 1 is 1.06 bits per heavy atom. The van der Waals surface area contributed by atoms with Crippen molar-refractivity contribution < 1.29 is 37.0 Å². The molecule has 0 radical (unpaired) electrons. The zero-order valence-electron chi connectivity index (χ0n) is 17.5. The maximum atomic E-state index is 13.4. The average Bonchev–Trinajstić information content (AvgIpc) is 3.20. The van der Waals surface area contributed by atoms with Gasteiger partial charge in [-0.15, -0.1) is 0 Å². The van der Waals surface area contributed by atoms with Crippen LogP contribution in [0.2, 0.25) is 0 Å². The fourth-order valence-corrected chi connectivity index (χ4v) is 5.68. The molecule has 0 aromatic heterocycles. The Bertz CT molecular complexity index is 1150. The van der Waals surface area contributed by atoms with Crippen molar-refractivity contribution in [3.8, 4) is 0 Å². The Labute approximate surface area is 185 Å². The van der Waals surface area contributed by atoms with Crippen LogP contribution in [0.3, 0.4) is 0 Å². The summed E-state index contributed by atoms with van der Waals surface area (Å²) >= 11 is 0. The topological polar surface area (TPSA) is 105 Å². The number of carbonyl (C=O) groups excluding carboxylic acids is 2. The molecule has 2 unspecified atom stereocenters. The highest BCUT2D eigenvalue weighted by Gasteiger charge is 2.50. The van der Waals surface area contributed by atoms with Gasteiger partial charge in [-0.25, -0.2) is 13.2 Å². The van der Waals surface area contributed by atoms with Crippen molar-refractivity contribution in [2.45, 2.75) is 31.0 Å². The van der Waals surface area contributed by atoms with Crippen LogP contribution in [-0.4, -0.2) is 45.5 Å². The van der Waals surface area contributed by atoms with E-state index in [0.717, 1.165) is 0 Å². The minimum Gasteiger partial charge on any atom is -0.431 e. The van der Waals surface area contributed by atoms with Gasteiger partial charge < -0.3 is 18.9 Å². The predicted octanol–water partition coefficient (Wildman–Crippen LogP) is 3.40. The van der Waals surface area contributed by atoms with E-state index in [0.29, 0.717) is 0 Å². The largest absolute Gasteiger partial charge is 0.514 e. The van der Waals surface area contributed by atoms with Crippen molar-refractivity contribution in [2.75, 3.05) is 13.2 Å². The number of sulfone groups is 1. The van der Waals surface area contributed by atoms with E-state index in [1.54, 1.807) is 62.4 Å². The Hall–Kier alpha value is -3.01. The molecule has 8 nitrogen and oxygen atoms in total. The average molecular weight is 458 g/mol. The first-order chi connectivity index (χ1) is 15.2. The number of Topliss-reactive ketones (excluding diaryl/α,β-unsaturated/α-hetero) is 1. The summed E-state index contributed by atoms with van der Waals surface area (Å²) in [4.78, 5) is 25.2. The van der Waals surface area contributed by atoms with Crippen LogP contribution in [0.4, 0.5) is 4.79 Å². The molecular formula is C23H22O8S. The number of allylic oxidation sites excluding steroid dienone is 1. The highest BCUT2D eigenvalue weighted by atomic mass is 32.2. The Morgan fingerprint density at radius 2 is 1.69 bits per heavy atom. The summed E-state index contributed by atoms with van der Waals surface area (Å²) in [7, 11) is -4.17.